The summed E-state index contributed by atoms with van der Waals surface area (Å²) in [5.74, 6) is 1.13. The molecule has 0 unspecified atom stereocenters. The van der Waals surface area contributed by atoms with Crippen molar-refractivity contribution in [3.8, 4) is 5.75 Å². The maximum absolute atomic E-state index is 12.3. The van der Waals surface area contributed by atoms with E-state index in [1.807, 2.05) is 42.5 Å². The van der Waals surface area contributed by atoms with Crippen molar-refractivity contribution in [1.82, 2.24) is 0 Å². The van der Waals surface area contributed by atoms with Crippen molar-refractivity contribution >= 4 is 39.9 Å². The van der Waals surface area contributed by atoms with E-state index in [4.69, 9.17) is 4.74 Å². The summed E-state index contributed by atoms with van der Waals surface area (Å²) >= 11 is 1.31. The van der Waals surface area contributed by atoms with E-state index >= 15 is 0 Å². The van der Waals surface area contributed by atoms with E-state index in [-0.39, 0.29) is 23.2 Å². The standard InChI is InChI=1S/C21H19NO3S/c1-25-19-10-8-18(9-11-19)22-21(24)14-26-13-20(23)17-7-6-15-4-2-3-5-16(15)12-17/h2-12H,13-14H2,1H3,(H,22,24). The SMILES string of the molecule is COc1ccc(NC(=O)CSCC(=O)c2ccc3ccccc3c2)cc1. The second-order valence-electron chi connectivity index (χ2n) is 5.75. The Morgan fingerprint density at radius 2 is 1.65 bits per heavy atom. The Bertz CT molecular complexity index is 922. The molecule has 0 aliphatic heterocycles. The zero-order valence-electron chi connectivity index (χ0n) is 14.4. The number of carbonyl (C=O) groups is 2. The zero-order valence-corrected chi connectivity index (χ0v) is 15.2. The first-order valence-electron chi connectivity index (χ1n) is 8.19. The Balaban J connectivity index is 1.49. The molecule has 0 aliphatic carbocycles. The normalized spacial score (nSPS) is 10.5. The molecule has 1 N–H and O–H groups in total. The largest absolute Gasteiger partial charge is 0.497 e. The van der Waals surface area contributed by atoms with E-state index in [2.05, 4.69) is 5.32 Å². The molecule has 1 amide bonds. The molecule has 3 rings (SSSR count). The van der Waals surface area contributed by atoms with Crippen molar-refractivity contribution in [1.29, 1.82) is 0 Å². The van der Waals surface area contributed by atoms with E-state index in [0.717, 1.165) is 16.5 Å². The minimum absolute atomic E-state index is 0.0259. The Morgan fingerprint density at radius 3 is 2.38 bits per heavy atom. The van der Waals surface area contributed by atoms with Crippen LogP contribution in [-0.4, -0.2) is 30.3 Å². The molecule has 0 spiro atoms. The van der Waals surface area contributed by atoms with Crippen LogP contribution in [0.25, 0.3) is 10.8 Å². The summed E-state index contributed by atoms with van der Waals surface area (Å²) in [7, 11) is 1.59. The molecule has 0 aromatic heterocycles. The summed E-state index contributed by atoms with van der Waals surface area (Å²) in [6, 6.07) is 20.7. The Hall–Kier alpha value is -2.79. The van der Waals surface area contributed by atoms with Gasteiger partial charge in [-0.2, -0.15) is 0 Å². The molecule has 26 heavy (non-hydrogen) atoms. The van der Waals surface area contributed by atoms with Crippen LogP contribution < -0.4 is 10.1 Å². The minimum Gasteiger partial charge on any atom is -0.497 e. The molecule has 132 valence electrons. The van der Waals surface area contributed by atoms with Gasteiger partial charge in [0.2, 0.25) is 5.91 Å². The van der Waals surface area contributed by atoms with Crippen LogP contribution in [-0.2, 0) is 4.79 Å². The number of nitrogens with one attached hydrogen (secondary N) is 1. The van der Waals surface area contributed by atoms with E-state index in [1.165, 1.54) is 11.8 Å². The fourth-order valence-corrected chi connectivity index (χ4v) is 3.27. The fourth-order valence-electron chi connectivity index (χ4n) is 2.55. The van der Waals surface area contributed by atoms with Gasteiger partial charge in [0.05, 0.1) is 18.6 Å². The van der Waals surface area contributed by atoms with Gasteiger partial charge >= 0.3 is 0 Å². The third kappa shape index (κ3) is 4.64. The topological polar surface area (TPSA) is 55.4 Å². The van der Waals surface area contributed by atoms with Crippen molar-refractivity contribution in [2.75, 3.05) is 23.9 Å². The Labute approximate surface area is 156 Å². The van der Waals surface area contributed by atoms with Crippen LogP contribution in [0.1, 0.15) is 10.4 Å². The molecule has 0 fully saturated rings. The molecule has 3 aromatic carbocycles. The first kappa shape index (κ1) is 18.0. The van der Waals surface area contributed by atoms with Crippen molar-refractivity contribution in [3.63, 3.8) is 0 Å². The van der Waals surface area contributed by atoms with Gasteiger partial charge in [-0.3, -0.25) is 9.59 Å². The molecule has 3 aromatic rings. The second-order valence-corrected chi connectivity index (χ2v) is 6.74. The van der Waals surface area contributed by atoms with Crippen LogP contribution in [0.5, 0.6) is 5.75 Å². The van der Waals surface area contributed by atoms with Gasteiger partial charge in [0, 0.05) is 11.3 Å². The molecule has 0 atom stereocenters. The zero-order chi connectivity index (χ0) is 18.4. The molecule has 0 aliphatic rings. The smallest absolute Gasteiger partial charge is 0.234 e. The lowest BCUT2D eigenvalue weighted by molar-refractivity contribution is -0.113. The van der Waals surface area contributed by atoms with Crippen molar-refractivity contribution in [3.05, 3.63) is 72.3 Å². The number of fused-ring (bicyclic) bond motifs is 1. The third-order valence-electron chi connectivity index (χ3n) is 3.91. The Morgan fingerprint density at radius 1 is 0.923 bits per heavy atom. The first-order valence-corrected chi connectivity index (χ1v) is 9.35. The van der Waals surface area contributed by atoms with Gasteiger partial charge in [-0.15, -0.1) is 11.8 Å². The predicted octanol–water partition coefficient (Wildman–Crippen LogP) is 4.40. The van der Waals surface area contributed by atoms with Gasteiger partial charge in [-0.1, -0.05) is 36.4 Å². The maximum Gasteiger partial charge on any atom is 0.234 e. The summed E-state index contributed by atoms with van der Waals surface area (Å²) in [4.78, 5) is 24.3. The van der Waals surface area contributed by atoms with E-state index in [0.29, 0.717) is 11.3 Å². The molecule has 0 radical (unpaired) electrons. The number of carbonyl (C=O) groups excluding carboxylic acids is 2. The van der Waals surface area contributed by atoms with E-state index in [9.17, 15) is 9.59 Å². The quantitative estimate of drug-likeness (QED) is 0.631. The lowest BCUT2D eigenvalue weighted by atomic mass is 10.1. The molecule has 0 saturated carbocycles. The third-order valence-corrected chi connectivity index (χ3v) is 4.84. The van der Waals surface area contributed by atoms with E-state index < -0.39 is 0 Å². The second kappa shape index (κ2) is 8.54. The number of thioether (sulfide) groups is 1. The van der Waals surface area contributed by atoms with Gasteiger partial charge in [-0.05, 0) is 41.1 Å². The molecular weight excluding hydrogens is 346 g/mol. The van der Waals surface area contributed by atoms with Crippen molar-refractivity contribution < 1.29 is 14.3 Å². The highest BCUT2D eigenvalue weighted by molar-refractivity contribution is 8.00. The number of ether oxygens (including phenoxy) is 1. The molecule has 0 saturated heterocycles. The number of amides is 1. The van der Waals surface area contributed by atoms with E-state index in [1.54, 1.807) is 31.4 Å². The van der Waals surface area contributed by atoms with Crippen molar-refractivity contribution in [2.45, 2.75) is 0 Å². The monoisotopic (exact) mass is 365 g/mol. The van der Waals surface area contributed by atoms with Gasteiger partial charge in [0.15, 0.2) is 5.78 Å². The van der Waals surface area contributed by atoms with Crippen molar-refractivity contribution in [2.24, 2.45) is 0 Å². The number of anilines is 1. The number of rotatable bonds is 7. The highest BCUT2D eigenvalue weighted by Crippen LogP contribution is 2.18. The molecule has 5 heteroatoms. The number of hydrogen-bond acceptors (Lipinski definition) is 4. The van der Waals surface area contributed by atoms with Gasteiger partial charge in [-0.25, -0.2) is 0 Å². The lowest BCUT2D eigenvalue weighted by Gasteiger charge is -2.06. The number of ketones is 1. The van der Waals surface area contributed by atoms with Gasteiger partial charge < -0.3 is 10.1 Å². The summed E-state index contributed by atoms with van der Waals surface area (Å²) < 4.78 is 5.08. The van der Waals surface area contributed by atoms with Gasteiger partial charge in [0.1, 0.15) is 5.75 Å². The van der Waals surface area contributed by atoms with Gasteiger partial charge in [0.25, 0.3) is 0 Å². The number of methoxy groups -OCH3 is 1. The van der Waals surface area contributed by atoms with Crippen LogP contribution in [0, 0.1) is 0 Å². The summed E-state index contributed by atoms with van der Waals surface area (Å²) in [5, 5.41) is 4.95. The predicted molar refractivity (Wildman–Crippen MR) is 107 cm³/mol. The Kier molecular flexibility index (Phi) is 5.92. The number of Topliss-reactive ketones (excluding diaryl/α,β-unsaturated/α-hetero) is 1. The summed E-state index contributed by atoms with van der Waals surface area (Å²) in [5.41, 5.74) is 1.38. The average Bonchev–Trinajstić information content (AvgIpc) is 2.68. The molecule has 4 nitrogen and oxygen atoms in total. The minimum atomic E-state index is -0.133. The number of hydrogen-bond donors (Lipinski definition) is 1. The summed E-state index contributed by atoms with van der Waals surface area (Å²) in [6.07, 6.45) is 0. The molecular formula is C21H19NO3S. The van der Waals surface area contributed by atoms with Crippen LogP contribution >= 0.6 is 11.8 Å². The lowest BCUT2D eigenvalue weighted by Crippen LogP contribution is -2.15. The fraction of sp³-hybridized carbons (Fsp3) is 0.143. The molecule has 0 heterocycles. The maximum atomic E-state index is 12.3. The average molecular weight is 365 g/mol. The summed E-state index contributed by atoms with van der Waals surface area (Å²) in [6.45, 7) is 0. The first-order chi connectivity index (χ1) is 12.7. The van der Waals surface area contributed by atoms with Crippen LogP contribution in [0.2, 0.25) is 0 Å². The van der Waals surface area contributed by atoms with Crippen LogP contribution in [0.15, 0.2) is 66.7 Å². The highest BCUT2D eigenvalue weighted by atomic mass is 32.2. The van der Waals surface area contributed by atoms with Crippen LogP contribution in [0.4, 0.5) is 5.69 Å². The highest BCUT2D eigenvalue weighted by Gasteiger charge is 2.09. The van der Waals surface area contributed by atoms with Crippen LogP contribution in [0.3, 0.4) is 0 Å². The molecule has 0 bridgehead atoms. The number of benzene rings is 3.